The monoisotopic (exact) mass is 340 g/mol. The maximum atomic E-state index is 12.3. The second-order valence-electron chi connectivity index (χ2n) is 5.87. The van der Waals surface area contributed by atoms with Crippen molar-refractivity contribution in [2.45, 2.75) is 20.3 Å². The van der Waals surface area contributed by atoms with Crippen LogP contribution in [0.25, 0.3) is 10.9 Å². The molecule has 25 heavy (non-hydrogen) atoms. The van der Waals surface area contributed by atoms with Crippen LogP contribution >= 0.6 is 0 Å². The first-order valence-corrected chi connectivity index (χ1v) is 7.99. The molecule has 0 aliphatic carbocycles. The molecule has 0 saturated carbocycles. The Morgan fingerprint density at radius 3 is 2.88 bits per heavy atom. The summed E-state index contributed by atoms with van der Waals surface area (Å²) in [6.07, 6.45) is 2.56. The van der Waals surface area contributed by atoms with Gasteiger partial charge in [0.2, 0.25) is 0 Å². The number of hydrogen-bond acceptors (Lipinski definition) is 4. The maximum Gasteiger partial charge on any atom is 0.277 e. The van der Waals surface area contributed by atoms with E-state index >= 15 is 0 Å². The first-order chi connectivity index (χ1) is 12.0. The zero-order valence-corrected chi connectivity index (χ0v) is 14.4. The molecule has 0 aliphatic heterocycles. The topological polar surface area (TPSA) is 99.9 Å². The Kier molecular flexibility index (Phi) is 4.56. The van der Waals surface area contributed by atoms with Gasteiger partial charge in [-0.1, -0.05) is 0 Å². The lowest BCUT2D eigenvalue weighted by atomic mass is 10.1. The summed E-state index contributed by atoms with van der Waals surface area (Å²) < 4.78 is 5.26. The van der Waals surface area contributed by atoms with Crippen LogP contribution in [0.3, 0.4) is 0 Å². The molecule has 0 radical (unpaired) electrons. The average Bonchev–Trinajstić information content (AvgIpc) is 3.01. The van der Waals surface area contributed by atoms with Gasteiger partial charge in [-0.3, -0.25) is 9.59 Å². The van der Waals surface area contributed by atoms with E-state index in [1.807, 2.05) is 24.4 Å². The number of nitrogens with one attached hydrogen (secondary N) is 3. The molecule has 0 atom stereocenters. The van der Waals surface area contributed by atoms with Crippen molar-refractivity contribution in [2.24, 2.45) is 0 Å². The molecule has 1 amide bonds. The second kappa shape index (κ2) is 6.80. The number of methoxy groups -OCH3 is 1. The Balaban J connectivity index is 1.72. The fourth-order valence-corrected chi connectivity index (χ4v) is 2.79. The molecule has 3 aromatic rings. The number of H-pyrrole nitrogens is 2. The first kappa shape index (κ1) is 16.8. The van der Waals surface area contributed by atoms with E-state index in [4.69, 9.17) is 4.74 Å². The number of amides is 1. The van der Waals surface area contributed by atoms with Crippen LogP contribution in [0.1, 0.15) is 27.2 Å². The highest BCUT2D eigenvalue weighted by atomic mass is 16.5. The number of nitrogens with zero attached hydrogens (tertiary/aromatic N) is 1. The molecular weight excluding hydrogens is 320 g/mol. The van der Waals surface area contributed by atoms with E-state index in [9.17, 15) is 9.59 Å². The van der Waals surface area contributed by atoms with Gasteiger partial charge in [0.1, 0.15) is 11.3 Å². The standard InChI is InChI=1S/C18H20N4O3/c1-10-11(2)21-22-18(24)16(10)17(23)19-7-6-12-9-20-15-5-4-13(25-3)8-14(12)15/h4-5,8-9,20H,6-7H2,1-3H3,(H,19,23)(H,22,24). The predicted molar refractivity (Wildman–Crippen MR) is 95.2 cm³/mol. The summed E-state index contributed by atoms with van der Waals surface area (Å²) in [4.78, 5) is 27.4. The molecule has 0 saturated heterocycles. The highest BCUT2D eigenvalue weighted by Crippen LogP contribution is 2.23. The van der Waals surface area contributed by atoms with Crippen LogP contribution in [0.15, 0.2) is 29.2 Å². The Morgan fingerprint density at radius 1 is 1.32 bits per heavy atom. The number of fused-ring (bicyclic) bond motifs is 1. The summed E-state index contributed by atoms with van der Waals surface area (Å²) >= 11 is 0. The molecule has 2 aromatic heterocycles. The van der Waals surface area contributed by atoms with E-state index in [2.05, 4.69) is 20.5 Å². The van der Waals surface area contributed by atoms with Crippen molar-refractivity contribution in [1.82, 2.24) is 20.5 Å². The van der Waals surface area contributed by atoms with Gasteiger partial charge in [-0.05, 0) is 49.6 Å². The van der Waals surface area contributed by atoms with Crippen molar-refractivity contribution < 1.29 is 9.53 Å². The van der Waals surface area contributed by atoms with Gasteiger partial charge in [-0.25, -0.2) is 5.10 Å². The van der Waals surface area contributed by atoms with Crippen LogP contribution in [0.2, 0.25) is 0 Å². The van der Waals surface area contributed by atoms with Crippen LogP contribution in [-0.2, 0) is 6.42 Å². The van der Waals surface area contributed by atoms with Gasteiger partial charge in [0, 0.05) is 23.6 Å². The van der Waals surface area contributed by atoms with E-state index in [0.29, 0.717) is 24.2 Å². The number of aromatic nitrogens is 3. The minimum atomic E-state index is -0.475. The fourth-order valence-electron chi connectivity index (χ4n) is 2.79. The number of ether oxygens (including phenoxy) is 1. The molecule has 3 rings (SSSR count). The number of benzene rings is 1. The summed E-state index contributed by atoms with van der Waals surface area (Å²) in [5, 5.41) is 10.1. The molecule has 0 bridgehead atoms. The third kappa shape index (κ3) is 3.26. The van der Waals surface area contributed by atoms with Crippen LogP contribution < -0.4 is 15.6 Å². The van der Waals surface area contributed by atoms with Crippen molar-refractivity contribution in [3.63, 3.8) is 0 Å². The number of carbonyl (C=O) groups excluding carboxylic acids is 1. The van der Waals surface area contributed by atoms with Crippen molar-refractivity contribution >= 4 is 16.8 Å². The lowest BCUT2D eigenvalue weighted by molar-refractivity contribution is 0.0951. The lowest BCUT2D eigenvalue weighted by Crippen LogP contribution is -2.33. The minimum absolute atomic E-state index is 0.119. The highest BCUT2D eigenvalue weighted by Gasteiger charge is 2.16. The van der Waals surface area contributed by atoms with Crippen LogP contribution in [0, 0.1) is 13.8 Å². The molecule has 0 fully saturated rings. The number of aryl methyl sites for hydroxylation is 1. The third-order valence-electron chi connectivity index (χ3n) is 4.35. The predicted octanol–water partition coefficient (Wildman–Crippen LogP) is 1.85. The molecule has 0 aliphatic rings. The zero-order chi connectivity index (χ0) is 18.0. The average molecular weight is 340 g/mol. The summed E-state index contributed by atoms with van der Waals surface area (Å²) in [5.74, 6) is 0.397. The van der Waals surface area contributed by atoms with Crippen molar-refractivity contribution in [1.29, 1.82) is 0 Å². The van der Waals surface area contributed by atoms with Gasteiger partial charge in [0.05, 0.1) is 12.8 Å². The smallest absolute Gasteiger partial charge is 0.277 e. The van der Waals surface area contributed by atoms with Gasteiger partial charge in [0.15, 0.2) is 0 Å². The van der Waals surface area contributed by atoms with Gasteiger partial charge < -0.3 is 15.0 Å². The van der Waals surface area contributed by atoms with Gasteiger partial charge >= 0.3 is 0 Å². The van der Waals surface area contributed by atoms with E-state index in [-0.39, 0.29) is 11.5 Å². The Hall–Kier alpha value is -3.09. The van der Waals surface area contributed by atoms with Gasteiger partial charge in [-0.2, -0.15) is 5.10 Å². The number of rotatable bonds is 5. The molecule has 7 heteroatoms. The van der Waals surface area contributed by atoms with Crippen molar-refractivity contribution in [3.8, 4) is 5.75 Å². The maximum absolute atomic E-state index is 12.3. The summed E-state index contributed by atoms with van der Waals surface area (Å²) in [6, 6.07) is 5.81. The van der Waals surface area contributed by atoms with E-state index < -0.39 is 5.56 Å². The Labute approximate surface area is 144 Å². The number of hydrogen-bond donors (Lipinski definition) is 3. The van der Waals surface area contributed by atoms with Gasteiger partial charge in [0.25, 0.3) is 11.5 Å². The van der Waals surface area contributed by atoms with E-state index in [1.165, 1.54) is 0 Å². The SMILES string of the molecule is COc1ccc2[nH]cc(CCNC(=O)c3c(C)c(C)n[nH]c3=O)c2c1. The normalized spacial score (nSPS) is 10.8. The molecule has 130 valence electrons. The van der Waals surface area contributed by atoms with Crippen LogP contribution in [0.4, 0.5) is 0 Å². The third-order valence-corrected chi connectivity index (χ3v) is 4.35. The highest BCUT2D eigenvalue weighted by molar-refractivity contribution is 5.95. The Morgan fingerprint density at radius 2 is 2.12 bits per heavy atom. The largest absolute Gasteiger partial charge is 0.497 e. The molecule has 3 N–H and O–H groups in total. The van der Waals surface area contributed by atoms with E-state index in [0.717, 1.165) is 22.2 Å². The first-order valence-electron chi connectivity index (χ1n) is 7.99. The van der Waals surface area contributed by atoms with Crippen LogP contribution in [0.5, 0.6) is 5.75 Å². The van der Waals surface area contributed by atoms with Crippen LogP contribution in [-0.4, -0.2) is 34.7 Å². The van der Waals surface area contributed by atoms with Gasteiger partial charge in [-0.15, -0.1) is 0 Å². The molecule has 0 unspecified atom stereocenters. The molecule has 7 nitrogen and oxygen atoms in total. The zero-order valence-electron chi connectivity index (χ0n) is 14.4. The lowest BCUT2D eigenvalue weighted by Gasteiger charge is -2.08. The fraction of sp³-hybridized carbons (Fsp3) is 0.278. The molecule has 2 heterocycles. The Bertz CT molecular complexity index is 988. The summed E-state index contributed by atoms with van der Waals surface area (Å²) in [7, 11) is 1.63. The summed E-state index contributed by atoms with van der Waals surface area (Å²) in [6.45, 7) is 3.89. The van der Waals surface area contributed by atoms with Crippen molar-refractivity contribution in [2.75, 3.05) is 13.7 Å². The minimum Gasteiger partial charge on any atom is -0.497 e. The second-order valence-corrected chi connectivity index (χ2v) is 5.87. The van der Waals surface area contributed by atoms with E-state index in [1.54, 1.807) is 21.0 Å². The quantitative estimate of drug-likeness (QED) is 0.660. The molecule has 0 spiro atoms. The summed E-state index contributed by atoms with van der Waals surface area (Å²) in [5.41, 5.74) is 2.96. The van der Waals surface area contributed by atoms with Crippen molar-refractivity contribution in [3.05, 3.63) is 57.1 Å². The number of aromatic amines is 2. The molecular formula is C18H20N4O3. The number of carbonyl (C=O) groups is 1. The molecule has 1 aromatic carbocycles.